The zero-order valence-corrected chi connectivity index (χ0v) is 14.4. The highest BCUT2D eigenvalue weighted by Crippen LogP contribution is 2.37. The Balaban J connectivity index is 2.02. The van der Waals surface area contributed by atoms with Crippen molar-refractivity contribution < 1.29 is 4.79 Å². The molecule has 1 aliphatic rings. The van der Waals surface area contributed by atoms with E-state index in [0.29, 0.717) is 0 Å². The Morgan fingerprint density at radius 2 is 2.10 bits per heavy atom. The minimum absolute atomic E-state index is 0.144. The summed E-state index contributed by atoms with van der Waals surface area (Å²) in [4.78, 5) is 18.2. The predicted octanol–water partition coefficient (Wildman–Crippen LogP) is 4.70. The number of carbonyl (C=O) groups is 1. The summed E-state index contributed by atoms with van der Waals surface area (Å²) in [6.07, 6.45) is 3.57. The quantitative estimate of drug-likeness (QED) is 0.595. The first-order valence-corrected chi connectivity index (χ1v) is 11.7. The van der Waals surface area contributed by atoms with Gasteiger partial charge in [0.2, 0.25) is 0 Å². The lowest BCUT2D eigenvalue weighted by molar-refractivity contribution is 0.102. The molecule has 2 aromatic rings. The fourth-order valence-corrected chi connectivity index (χ4v) is 5.81. The number of rotatable bonds is 2. The molecule has 0 saturated carbocycles. The number of aromatic nitrogens is 1. The molecule has 0 bridgehead atoms. The number of fused-ring (bicyclic) bond motifs is 2. The second-order valence-electron chi connectivity index (χ2n) is 6.96. The van der Waals surface area contributed by atoms with Gasteiger partial charge in [0.1, 0.15) is 4.83 Å². The van der Waals surface area contributed by atoms with E-state index in [4.69, 9.17) is 4.98 Å². The van der Waals surface area contributed by atoms with Crippen molar-refractivity contribution in [1.29, 1.82) is 0 Å². The topological polar surface area (TPSA) is 30.0 Å². The summed E-state index contributed by atoms with van der Waals surface area (Å²) in [7, 11) is -1.08. The van der Waals surface area contributed by atoms with Crippen LogP contribution in [0.3, 0.4) is 0 Å². The van der Waals surface area contributed by atoms with E-state index in [0.717, 1.165) is 27.1 Å². The highest BCUT2D eigenvalue weighted by molar-refractivity contribution is 7.20. The van der Waals surface area contributed by atoms with Crippen molar-refractivity contribution >= 4 is 35.4 Å². The van der Waals surface area contributed by atoms with Crippen molar-refractivity contribution in [3.05, 3.63) is 28.3 Å². The standard InChI is InChI=1S/C16H21NOSSi/c1-10(18)15-9-12-7-11-8-13(20(2,3)4)5-6-14(11)17-16(12)19-15/h7,9,13H,5-6,8H2,1-4H3. The fourth-order valence-electron chi connectivity index (χ4n) is 3.04. The van der Waals surface area contributed by atoms with Crippen LogP contribution in [0.15, 0.2) is 12.1 Å². The number of hydrogen-bond acceptors (Lipinski definition) is 3. The van der Waals surface area contributed by atoms with Crippen molar-refractivity contribution in [3.63, 3.8) is 0 Å². The highest BCUT2D eigenvalue weighted by Gasteiger charge is 2.31. The Kier molecular flexibility index (Phi) is 3.33. The summed E-state index contributed by atoms with van der Waals surface area (Å²) in [5.41, 5.74) is 3.55. The lowest BCUT2D eigenvalue weighted by Crippen LogP contribution is -2.32. The summed E-state index contributed by atoms with van der Waals surface area (Å²) >= 11 is 1.53. The zero-order valence-electron chi connectivity index (χ0n) is 12.6. The normalized spacial score (nSPS) is 19.1. The van der Waals surface area contributed by atoms with Gasteiger partial charge in [0, 0.05) is 19.2 Å². The van der Waals surface area contributed by atoms with E-state index >= 15 is 0 Å². The molecule has 0 N–H and O–H groups in total. The molecule has 4 heteroatoms. The van der Waals surface area contributed by atoms with Gasteiger partial charge in [-0.2, -0.15) is 0 Å². The van der Waals surface area contributed by atoms with E-state index in [2.05, 4.69) is 25.7 Å². The van der Waals surface area contributed by atoms with Gasteiger partial charge in [-0.1, -0.05) is 19.6 Å². The summed E-state index contributed by atoms with van der Waals surface area (Å²) in [5, 5.41) is 1.15. The molecular formula is C16H21NOSSi. The molecule has 0 fully saturated rings. The van der Waals surface area contributed by atoms with Crippen molar-refractivity contribution in [1.82, 2.24) is 4.98 Å². The maximum atomic E-state index is 11.5. The maximum absolute atomic E-state index is 11.5. The summed E-state index contributed by atoms with van der Waals surface area (Å²) in [6, 6.07) is 4.29. The van der Waals surface area contributed by atoms with Crippen molar-refractivity contribution in [2.24, 2.45) is 0 Å². The number of aryl methyl sites for hydroxylation is 1. The van der Waals surface area contributed by atoms with Gasteiger partial charge in [-0.15, -0.1) is 11.3 Å². The summed E-state index contributed by atoms with van der Waals surface area (Å²) < 4.78 is 0. The molecule has 2 aromatic heterocycles. The number of Topliss-reactive ketones (excluding diaryl/α,β-unsaturated/α-hetero) is 1. The number of carbonyl (C=O) groups excluding carboxylic acids is 1. The van der Waals surface area contributed by atoms with Crippen molar-refractivity contribution in [2.75, 3.05) is 0 Å². The molecule has 2 nitrogen and oxygen atoms in total. The molecule has 1 unspecified atom stereocenters. The number of hydrogen-bond donors (Lipinski definition) is 0. The second kappa shape index (κ2) is 4.78. The Morgan fingerprint density at radius 1 is 1.35 bits per heavy atom. The lowest BCUT2D eigenvalue weighted by Gasteiger charge is -2.33. The molecule has 106 valence electrons. The largest absolute Gasteiger partial charge is 0.294 e. The number of thiophene rings is 1. The average Bonchev–Trinajstić information content (AvgIpc) is 2.77. The first-order chi connectivity index (χ1) is 9.34. The van der Waals surface area contributed by atoms with Gasteiger partial charge in [-0.05, 0) is 49.4 Å². The van der Waals surface area contributed by atoms with Gasteiger partial charge >= 0.3 is 0 Å². The molecule has 0 aliphatic heterocycles. The van der Waals surface area contributed by atoms with Crippen LogP contribution in [0, 0.1) is 0 Å². The summed E-state index contributed by atoms with van der Waals surface area (Å²) in [5.74, 6) is 0.144. The van der Waals surface area contributed by atoms with Crippen molar-refractivity contribution in [2.45, 2.75) is 51.4 Å². The smallest absolute Gasteiger partial charge is 0.169 e. The van der Waals surface area contributed by atoms with Gasteiger partial charge in [-0.3, -0.25) is 4.79 Å². The van der Waals surface area contributed by atoms with Crippen LogP contribution >= 0.6 is 11.3 Å². The van der Waals surface area contributed by atoms with Crippen LogP contribution in [0.4, 0.5) is 0 Å². The molecule has 0 radical (unpaired) electrons. The SMILES string of the molecule is CC(=O)c1cc2cc3c(nc2s1)CCC([Si](C)(C)C)C3. The van der Waals surface area contributed by atoms with E-state index in [1.54, 1.807) is 6.92 Å². The third-order valence-corrected chi connectivity index (χ3v) is 8.53. The summed E-state index contributed by atoms with van der Waals surface area (Å²) in [6.45, 7) is 9.03. The van der Waals surface area contributed by atoms with Gasteiger partial charge in [0.25, 0.3) is 0 Å². The minimum atomic E-state index is -1.08. The van der Waals surface area contributed by atoms with Crippen LogP contribution in [0.1, 0.15) is 34.3 Å². The average molecular weight is 304 g/mol. The first-order valence-electron chi connectivity index (χ1n) is 7.28. The lowest BCUT2D eigenvalue weighted by atomic mass is 9.95. The van der Waals surface area contributed by atoms with E-state index in [9.17, 15) is 4.79 Å². The molecule has 1 atom stereocenters. The van der Waals surface area contributed by atoms with Crippen LogP contribution in [0.25, 0.3) is 10.2 Å². The van der Waals surface area contributed by atoms with Gasteiger partial charge < -0.3 is 0 Å². The van der Waals surface area contributed by atoms with E-state index in [-0.39, 0.29) is 5.78 Å². The molecule has 0 spiro atoms. The molecule has 0 amide bonds. The van der Waals surface area contributed by atoms with Crippen molar-refractivity contribution in [3.8, 4) is 0 Å². The fraction of sp³-hybridized carbons (Fsp3) is 0.500. The molecule has 0 aromatic carbocycles. The monoisotopic (exact) mass is 303 g/mol. The van der Waals surface area contributed by atoms with Gasteiger partial charge in [0.05, 0.1) is 4.88 Å². The number of nitrogens with zero attached hydrogens (tertiary/aromatic N) is 1. The minimum Gasteiger partial charge on any atom is -0.294 e. The van der Waals surface area contributed by atoms with E-state index in [1.165, 1.54) is 35.4 Å². The molecule has 20 heavy (non-hydrogen) atoms. The van der Waals surface area contributed by atoms with Crippen LogP contribution in [0.2, 0.25) is 25.2 Å². The highest BCUT2D eigenvalue weighted by atomic mass is 32.1. The Labute approximate surface area is 125 Å². The van der Waals surface area contributed by atoms with Gasteiger partial charge in [-0.25, -0.2) is 4.98 Å². The number of pyridine rings is 1. The predicted molar refractivity (Wildman–Crippen MR) is 88.7 cm³/mol. The first kappa shape index (κ1) is 14.0. The Hall–Kier alpha value is -1.00. The van der Waals surface area contributed by atoms with Crippen LogP contribution in [0.5, 0.6) is 0 Å². The second-order valence-corrected chi connectivity index (χ2v) is 13.5. The van der Waals surface area contributed by atoms with E-state index < -0.39 is 8.07 Å². The Bertz CT molecular complexity index is 684. The number of ketones is 1. The van der Waals surface area contributed by atoms with Crippen LogP contribution in [-0.2, 0) is 12.8 Å². The molecule has 2 heterocycles. The van der Waals surface area contributed by atoms with Gasteiger partial charge in [0.15, 0.2) is 5.78 Å². The molecule has 3 rings (SSSR count). The maximum Gasteiger partial charge on any atom is 0.169 e. The van der Waals surface area contributed by atoms with E-state index in [1.807, 2.05) is 6.07 Å². The zero-order chi connectivity index (χ0) is 14.5. The third-order valence-electron chi connectivity index (χ3n) is 4.44. The molecule has 1 aliphatic carbocycles. The third kappa shape index (κ3) is 2.47. The Morgan fingerprint density at radius 3 is 2.75 bits per heavy atom. The molecule has 0 saturated heterocycles. The molecular weight excluding hydrogens is 282 g/mol. The van der Waals surface area contributed by atoms with Crippen LogP contribution < -0.4 is 0 Å². The van der Waals surface area contributed by atoms with Crippen LogP contribution in [-0.4, -0.2) is 18.8 Å².